The van der Waals surface area contributed by atoms with E-state index in [2.05, 4.69) is 20.8 Å². The molecule has 98 valence electrons. The molecule has 1 aromatic carbocycles. The molecule has 1 heterocycles. The highest BCUT2D eigenvalue weighted by molar-refractivity contribution is 9.10. The predicted octanol–water partition coefficient (Wildman–Crippen LogP) is 2.09. The zero-order valence-corrected chi connectivity index (χ0v) is 12.1. The second-order valence-electron chi connectivity index (χ2n) is 4.56. The Morgan fingerprint density at radius 2 is 2.06 bits per heavy atom. The SMILES string of the molecule is CC(=O)N1CCCN(c2ccc(N)cc2Br)CC1. The van der Waals surface area contributed by atoms with Crippen LogP contribution < -0.4 is 10.6 Å². The van der Waals surface area contributed by atoms with Gasteiger partial charge in [-0.25, -0.2) is 0 Å². The van der Waals surface area contributed by atoms with Crippen LogP contribution in [0.2, 0.25) is 0 Å². The second kappa shape index (κ2) is 5.61. The maximum Gasteiger partial charge on any atom is 0.219 e. The molecule has 4 nitrogen and oxygen atoms in total. The highest BCUT2D eigenvalue weighted by Crippen LogP contribution is 2.29. The number of benzene rings is 1. The van der Waals surface area contributed by atoms with Crippen LogP contribution in [0.3, 0.4) is 0 Å². The van der Waals surface area contributed by atoms with Crippen molar-refractivity contribution in [2.75, 3.05) is 36.8 Å². The lowest BCUT2D eigenvalue weighted by molar-refractivity contribution is -0.128. The Bertz CT molecular complexity index is 450. The van der Waals surface area contributed by atoms with E-state index in [4.69, 9.17) is 5.73 Å². The molecule has 0 spiro atoms. The Labute approximate surface area is 116 Å². The number of nitrogen functional groups attached to an aromatic ring is 1. The molecule has 0 atom stereocenters. The van der Waals surface area contributed by atoms with Crippen LogP contribution in [0, 0.1) is 0 Å². The summed E-state index contributed by atoms with van der Waals surface area (Å²) in [5.41, 5.74) is 7.65. The highest BCUT2D eigenvalue weighted by atomic mass is 79.9. The Balaban J connectivity index is 2.12. The summed E-state index contributed by atoms with van der Waals surface area (Å²) in [6, 6.07) is 5.86. The summed E-state index contributed by atoms with van der Waals surface area (Å²) in [4.78, 5) is 15.6. The molecular weight excluding hydrogens is 294 g/mol. The van der Waals surface area contributed by atoms with E-state index in [1.165, 1.54) is 0 Å². The van der Waals surface area contributed by atoms with E-state index < -0.39 is 0 Å². The summed E-state index contributed by atoms with van der Waals surface area (Å²) < 4.78 is 1.01. The Kier molecular flexibility index (Phi) is 4.11. The lowest BCUT2D eigenvalue weighted by Crippen LogP contribution is -2.33. The van der Waals surface area contributed by atoms with E-state index in [0.29, 0.717) is 0 Å². The van der Waals surface area contributed by atoms with E-state index in [1.54, 1.807) is 6.92 Å². The second-order valence-corrected chi connectivity index (χ2v) is 5.41. The Morgan fingerprint density at radius 1 is 1.28 bits per heavy atom. The van der Waals surface area contributed by atoms with Crippen LogP contribution in [-0.4, -0.2) is 37.0 Å². The van der Waals surface area contributed by atoms with Crippen molar-refractivity contribution in [2.45, 2.75) is 13.3 Å². The van der Waals surface area contributed by atoms with Crippen molar-refractivity contribution in [2.24, 2.45) is 0 Å². The zero-order valence-electron chi connectivity index (χ0n) is 10.5. The van der Waals surface area contributed by atoms with Gasteiger partial charge in [-0.15, -0.1) is 0 Å². The molecule has 18 heavy (non-hydrogen) atoms. The van der Waals surface area contributed by atoms with Gasteiger partial charge in [-0.05, 0) is 40.5 Å². The fraction of sp³-hybridized carbons (Fsp3) is 0.462. The summed E-state index contributed by atoms with van der Waals surface area (Å²) in [5, 5.41) is 0. The summed E-state index contributed by atoms with van der Waals surface area (Å²) >= 11 is 3.55. The highest BCUT2D eigenvalue weighted by Gasteiger charge is 2.18. The van der Waals surface area contributed by atoms with E-state index in [-0.39, 0.29) is 5.91 Å². The van der Waals surface area contributed by atoms with Crippen molar-refractivity contribution in [1.82, 2.24) is 4.90 Å². The number of halogens is 1. The minimum Gasteiger partial charge on any atom is -0.399 e. The molecule has 1 fully saturated rings. The van der Waals surface area contributed by atoms with Gasteiger partial charge < -0.3 is 15.5 Å². The van der Waals surface area contributed by atoms with Gasteiger partial charge in [0.2, 0.25) is 5.91 Å². The molecule has 1 aromatic rings. The predicted molar refractivity (Wildman–Crippen MR) is 77.6 cm³/mol. The molecule has 0 aliphatic carbocycles. The van der Waals surface area contributed by atoms with Crippen LogP contribution in [0.25, 0.3) is 0 Å². The third-order valence-electron chi connectivity index (χ3n) is 3.25. The lowest BCUT2D eigenvalue weighted by atomic mass is 10.2. The first kappa shape index (κ1) is 13.2. The van der Waals surface area contributed by atoms with E-state index in [0.717, 1.165) is 48.4 Å². The first-order valence-electron chi connectivity index (χ1n) is 6.13. The molecule has 1 aliphatic rings. The van der Waals surface area contributed by atoms with Gasteiger partial charge in [-0.1, -0.05) is 0 Å². The number of carbonyl (C=O) groups is 1. The monoisotopic (exact) mass is 311 g/mol. The van der Waals surface area contributed by atoms with Crippen molar-refractivity contribution in [3.05, 3.63) is 22.7 Å². The van der Waals surface area contributed by atoms with Crippen molar-refractivity contribution in [3.8, 4) is 0 Å². The van der Waals surface area contributed by atoms with Crippen LogP contribution in [0.15, 0.2) is 22.7 Å². The van der Waals surface area contributed by atoms with Crippen LogP contribution >= 0.6 is 15.9 Å². The maximum atomic E-state index is 11.4. The molecular formula is C13H18BrN3O. The summed E-state index contributed by atoms with van der Waals surface area (Å²) in [5.74, 6) is 0.160. The van der Waals surface area contributed by atoms with Crippen LogP contribution in [-0.2, 0) is 4.79 Å². The minimum atomic E-state index is 0.160. The molecule has 1 amide bonds. The third kappa shape index (κ3) is 2.96. The maximum absolute atomic E-state index is 11.4. The molecule has 0 aromatic heterocycles. The van der Waals surface area contributed by atoms with Crippen LogP contribution in [0.1, 0.15) is 13.3 Å². The quantitative estimate of drug-likeness (QED) is 0.808. The molecule has 2 rings (SSSR count). The normalized spacial score (nSPS) is 16.6. The first-order chi connectivity index (χ1) is 8.58. The van der Waals surface area contributed by atoms with E-state index in [9.17, 15) is 4.79 Å². The van der Waals surface area contributed by atoms with Gasteiger partial charge in [-0.2, -0.15) is 0 Å². The lowest BCUT2D eigenvalue weighted by Gasteiger charge is -2.24. The van der Waals surface area contributed by atoms with Gasteiger partial charge in [-0.3, -0.25) is 4.79 Å². The molecule has 2 N–H and O–H groups in total. The standard InChI is InChI=1S/C13H18BrN3O/c1-10(18)16-5-2-6-17(8-7-16)13-4-3-11(15)9-12(13)14/h3-4,9H,2,5-8,15H2,1H3. The van der Waals surface area contributed by atoms with Gasteiger partial charge in [0.15, 0.2) is 0 Å². The number of amides is 1. The summed E-state index contributed by atoms with van der Waals surface area (Å²) in [6.45, 7) is 5.09. The number of hydrogen-bond acceptors (Lipinski definition) is 3. The summed E-state index contributed by atoms with van der Waals surface area (Å²) in [6.07, 6.45) is 0.996. The number of hydrogen-bond donors (Lipinski definition) is 1. The van der Waals surface area contributed by atoms with Gasteiger partial charge >= 0.3 is 0 Å². The van der Waals surface area contributed by atoms with Gasteiger partial charge in [0.1, 0.15) is 0 Å². The molecule has 0 radical (unpaired) electrons. The largest absolute Gasteiger partial charge is 0.399 e. The third-order valence-corrected chi connectivity index (χ3v) is 3.89. The fourth-order valence-corrected chi connectivity index (χ4v) is 2.90. The molecule has 1 aliphatic heterocycles. The van der Waals surface area contributed by atoms with Crippen LogP contribution in [0.4, 0.5) is 11.4 Å². The minimum absolute atomic E-state index is 0.160. The van der Waals surface area contributed by atoms with Crippen molar-refractivity contribution < 1.29 is 4.79 Å². The van der Waals surface area contributed by atoms with Gasteiger partial charge in [0.25, 0.3) is 0 Å². The molecule has 1 saturated heterocycles. The average Bonchev–Trinajstić information content (AvgIpc) is 2.54. The van der Waals surface area contributed by atoms with Gasteiger partial charge in [0, 0.05) is 43.3 Å². The molecule has 0 saturated carbocycles. The Hall–Kier alpha value is -1.23. The Morgan fingerprint density at radius 3 is 2.72 bits per heavy atom. The van der Waals surface area contributed by atoms with E-state index in [1.807, 2.05) is 23.1 Å². The molecule has 0 unspecified atom stereocenters. The van der Waals surface area contributed by atoms with Gasteiger partial charge in [0.05, 0.1) is 5.69 Å². The molecule has 0 bridgehead atoms. The summed E-state index contributed by atoms with van der Waals surface area (Å²) in [7, 11) is 0. The van der Waals surface area contributed by atoms with E-state index >= 15 is 0 Å². The van der Waals surface area contributed by atoms with Crippen molar-refractivity contribution >= 4 is 33.2 Å². The number of anilines is 2. The van der Waals surface area contributed by atoms with Crippen molar-refractivity contribution in [3.63, 3.8) is 0 Å². The number of carbonyl (C=O) groups excluding carboxylic acids is 1. The fourth-order valence-electron chi connectivity index (χ4n) is 2.25. The average molecular weight is 312 g/mol. The number of rotatable bonds is 1. The topological polar surface area (TPSA) is 49.6 Å². The smallest absolute Gasteiger partial charge is 0.219 e. The van der Waals surface area contributed by atoms with Crippen LogP contribution in [0.5, 0.6) is 0 Å². The van der Waals surface area contributed by atoms with Crippen molar-refractivity contribution in [1.29, 1.82) is 0 Å². The number of nitrogens with two attached hydrogens (primary N) is 1. The number of nitrogens with zero attached hydrogens (tertiary/aromatic N) is 2. The first-order valence-corrected chi connectivity index (χ1v) is 6.92. The zero-order chi connectivity index (χ0) is 13.1. The molecule has 5 heteroatoms.